The Morgan fingerprint density at radius 2 is 1.94 bits per heavy atom. The summed E-state index contributed by atoms with van der Waals surface area (Å²) in [7, 11) is 1.64. The van der Waals surface area contributed by atoms with Gasteiger partial charge in [0.25, 0.3) is 0 Å². The van der Waals surface area contributed by atoms with Gasteiger partial charge in [0, 0.05) is 19.0 Å². The molecule has 0 bridgehead atoms. The highest BCUT2D eigenvalue weighted by Crippen LogP contribution is 2.43. The standard InChI is InChI=1S/C23H25N5O3/c1-23(2)15-12-17-18(13-19(15)28(22(23)29)8-9-31-11-10-30-3)25-21(24-17)20-14-6-4-5-7-16(14)26-27-20/h4-7,12-13H,8-11H2,1-3H3,(H,24,25)(H,26,27). The minimum atomic E-state index is -0.617. The van der Waals surface area contributed by atoms with Gasteiger partial charge in [0.2, 0.25) is 5.91 Å². The Labute approximate surface area is 179 Å². The molecule has 5 rings (SSSR count). The van der Waals surface area contributed by atoms with Gasteiger partial charge in [0.15, 0.2) is 5.82 Å². The number of hydrogen-bond acceptors (Lipinski definition) is 5. The smallest absolute Gasteiger partial charge is 0.237 e. The van der Waals surface area contributed by atoms with Crippen LogP contribution in [0.3, 0.4) is 0 Å². The van der Waals surface area contributed by atoms with Crippen LogP contribution in [0, 0.1) is 0 Å². The number of anilines is 1. The molecule has 4 aromatic rings. The maximum atomic E-state index is 13.1. The number of para-hydroxylation sites is 1. The van der Waals surface area contributed by atoms with Crippen LogP contribution in [0.4, 0.5) is 5.69 Å². The molecule has 1 aliphatic rings. The highest BCUT2D eigenvalue weighted by atomic mass is 16.5. The van der Waals surface area contributed by atoms with Crippen molar-refractivity contribution in [1.29, 1.82) is 0 Å². The number of benzene rings is 2. The molecule has 3 heterocycles. The number of carbonyl (C=O) groups is 1. The van der Waals surface area contributed by atoms with Gasteiger partial charge in [-0.1, -0.05) is 18.2 Å². The van der Waals surface area contributed by atoms with Gasteiger partial charge in [-0.25, -0.2) is 4.98 Å². The van der Waals surface area contributed by atoms with Gasteiger partial charge in [0.1, 0.15) is 5.69 Å². The molecule has 0 unspecified atom stereocenters. The van der Waals surface area contributed by atoms with Gasteiger partial charge in [-0.15, -0.1) is 0 Å². The number of ether oxygens (including phenoxy) is 2. The monoisotopic (exact) mass is 419 g/mol. The van der Waals surface area contributed by atoms with E-state index in [2.05, 4.69) is 15.2 Å². The number of aromatic nitrogens is 4. The minimum Gasteiger partial charge on any atom is -0.382 e. The number of methoxy groups -OCH3 is 1. The SMILES string of the molecule is COCCOCCN1C(=O)C(C)(C)c2cc3nc(-c4n[nH]c5ccccc45)[nH]c3cc21. The quantitative estimate of drug-likeness (QED) is 0.448. The molecule has 0 saturated heterocycles. The van der Waals surface area contributed by atoms with Crippen LogP contribution in [0.15, 0.2) is 36.4 Å². The molecule has 2 N–H and O–H groups in total. The molecular weight excluding hydrogens is 394 g/mol. The second kappa shape index (κ2) is 7.47. The number of imidazole rings is 1. The Morgan fingerprint density at radius 1 is 1.10 bits per heavy atom. The average Bonchev–Trinajstić information content (AvgIpc) is 3.42. The first-order chi connectivity index (χ1) is 15.0. The Kier molecular flexibility index (Phi) is 4.75. The molecule has 0 fully saturated rings. The van der Waals surface area contributed by atoms with E-state index < -0.39 is 5.41 Å². The van der Waals surface area contributed by atoms with Crippen LogP contribution in [0.5, 0.6) is 0 Å². The molecule has 2 aromatic carbocycles. The van der Waals surface area contributed by atoms with Gasteiger partial charge < -0.3 is 19.4 Å². The van der Waals surface area contributed by atoms with Crippen molar-refractivity contribution in [2.45, 2.75) is 19.3 Å². The van der Waals surface area contributed by atoms with E-state index in [1.54, 1.807) is 7.11 Å². The summed E-state index contributed by atoms with van der Waals surface area (Å²) in [6.07, 6.45) is 0. The highest BCUT2D eigenvalue weighted by molar-refractivity contribution is 6.09. The summed E-state index contributed by atoms with van der Waals surface area (Å²) in [5.41, 5.74) is 4.70. The molecule has 0 aliphatic carbocycles. The topological polar surface area (TPSA) is 96.1 Å². The van der Waals surface area contributed by atoms with E-state index in [1.165, 1.54) is 0 Å². The van der Waals surface area contributed by atoms with Crippen molar-refractivity contribution < 1.29 is 14.3 Å². The first-order valence-corrected chi connectivity index (χ1v) is 10.4. The molecule has 2 aromatic heterocycles. The van der Waals surface area contributed by atoms with E-state index in [9.17, 15) is 4.79 Å². The van der Waals surface area contributed by atoms with E-state index in [4.69, 9.17) is 14.5 Å². The van der Waals surface area contributed by atoms with Crippen LogP contribution in [0.2, 0.25) is 0 Å². The number of rotatable bonds is 7. The second-order valence-electron chi connectivity index (χ2n) is 8.28. The van der Waals surface area contributed by atoms with Crippen LogP contribution in [0.1, 0.15) is 19.4 Å². The van der Waals surface area contributed by atoms with Crippen LogP contribution < -0.4 is 4.90 Å². The maximum absolute atomic E-state index is 13.1. The largest absolute Gasteiger partial charge is 0.382 e. The maximum Gasteiger partial charge on any atom is 0.237 e. The molecule has 31 heavy (non-hydrogen) atoms. The van der Waals surface area contributed by atoms with Crippen molar-refractivity contribution in [3.63, 3.8) is 0 Å². The van der Waals surface area contributed by atoms with Crippen molar-refractivity contribution in [3.8, 4) is 11.5 Å². The Morgan fingerprint density at radius 3 is 2.77 bits per heavy atom. The average molecular weight is 419 g/mol. The Hall–Kier alpha value is -3.23. The zero-order valence-electron chi connectivity index (χ0n) is 17.9. The molecular formula is C23H25N5O3. The van der Waals surface area contributed by atoms with Crippen molar-refractivity contribution in [3.05, 3.63) is 42.0 Å². The Balaban J connectivity index is 1.51. The third-order valence-corrected chi connectivity index (χ3v) is 5.93. The lowest BCUT2D eigenvalue weighted by Gasteiger charge is -2.20. The highest BCUT2D eigenvalue weighted by Gasteiger charge is 2.44. The normalized spacial score (nSPS) is 15.3. The molecule has 1 aliphatic heterocycles. The van der Waals surface area contributed by atoms with Crippen molar-refractivity contribution in [1.82, 2.24) is 20.2 Å². The van der Waals surface area contributed by atoms with Gasteiger partial charge in [-0.05, 0) is 37.6 Å². The number of H-pyrrole nitrogens is 2. The fraction of sp³-hybridized carbons (Fsp3) is 0.348. The van der Waals surface area contributed by atoms with Gasteiger partial charge in [-0.3, -0.25) is 9.89 Å². The molecule has 0 spiro atoms. The lowest BCUT2D eigenvalue weighted by molar-refractivity contribution is -0.122. The number of fused-ring (bicyclic) bond motifs is 3. The summed E-state index contributed by atoms with van der Waals surface area (Å²) in [5, 5.41) is 8.52. The van der Waals surface area contributed by atoms with Gasteiger partial charge >= 0.3 is 0 Å². The number of aromatic amines is 2. The number of hydrogen-bond donors (Lipinski definition) is 2. The van der Waals surface area contributed by atoms with Crippen molar-refractivity contribution in [2.75, 3.05) is 38.4 Å². The second-order valence-corrected chi connectivity index (χ2v) is 8.28. The molecule has 0 radical (unpaired) electrons. The summed E-state index contributed by atoms with van der Waals surface area (Å²) >= 11 is 0. The summed E-state index contributed by atoms with van der Waals surface area (Å²) in [5.74, 6) is 0.777. The van der Waals surface area contributed by atoms with Crippen LogP contribution in [0.25, 0.3) is 33.5 Å². The molecule has 1 amide bonds. The molecule has 8 heteroatoms. The summed E-state index contributed by atoms with van der Waals surface area (Å²) in [6, 6.07) is 12.0. The number of carbonyl (C=O) groups excluding carboxylic acids is 1. The number of nitrogens with one attached hydrogen (secondary N) is 2. The first kappa shape index (κ1) is 19.7. The molecule has 160 valence electrons. The van der Waals surface area contributed by atoms with Crippen LogP contribution in [-0.4, -0.2) is 59.5 Å². The predicted molar refractivity (Wildman–Crippen MR) is 119 cm³/mol. The number of amides is 1. The van der Waals surface area contributed by atoms with E-state index in [1.807, 2.05) is 55.1 Å². The van der Waals surface area contributed by atoms with E-state index in [0.29, 0.717) is 32.2 Å². The van der Waals surface area contributed by atoms with Crippen molar-refractivity contribution in [2.24, 2.45) is 0 Å². The lowest BCUT2D eigenvalue weighted by atomic mass is 9.86. The number of nitrogens with zero attached hydrogens (tertiary/aromatic N) is 3. The van der Waals surface area contributed by atoms with E-state index in [-0.39, 0.29) is 5.91 Å². The third-order valence-electron chi connectivity index (χ3n) is 5.93. The predicted octanol–water partition coefficient (Wildman–Crippen LogP) is 3.39. The van der Waals surface area contributed by atoms with Gasteiger partial charge in [0.05, 0.1) is 47.5 Å². The summed E-state index contributed by atoms with van der Waals surface area (Å²) in [6.45, 7) is 5.91. The summed E-state index contributed by atoms with van der Waals surface area (Å²) in [4.78, 5) is 23.1. The fourth-order valence-corrected chi connectivity index (χ4v) is 4.21. The zero-order chi connectivity index (χ0) is 21.6. The fourth-order valence-electron chi connectivity index (χ4n) is 4.21. The Bertz CT molecular complexity index is 1270. The third kappa shape index (κ3) is 3.19. The molecule has 8 nitrogen and oxygen atoms in total. The van der Waals surface area contributed by atoms with Crippen LogP contribution >= 0.6 is 0 Å². The van der Waals surface area contributed by atoms with E-state index in [0.717, 1.165) is 38.9 Å². The summed E-state index contributed by atoms with van der Waals surface area (Å²) < 4.78 is 10.6. The molecule has 0 saturated carbocycles. The zero-order valence-corrected chi connectivity index (χ0v) is 17.9. The van der Waals surface area contributed by atoms with Gasteiger partial charge in [-0.2, -0.15) is 5.10 Å². The van der Waals surface area contributed by atoms with E-state index >= 15 is 0 Å². The first-order valence-electron chi connectivity index (χ1n) is 10.4. The molecule has 0 atom stereocenters. The van der Waals surface area contributed by atoms with Crippen LogP contribution in [-0.2, 0) is 19.7 Å². The van der Waals surface area contributed by atoms with Crippen molar-refractivity contribution >= 4 is 33.5 Å². The lowest BCUT2D eigenvalue weighted by Crippen LogP contribution is -2.38. The minimum absolute atomic E-state index is 0.0732.